The van der Waals surface area contributed by atoms with Crippen LogP contribution in [0.1, 0.15) is 53.1 Å². The van der Waals surface area contributed by atoms with Gasteiger partial charge in [-0.15, -0.1) is 0 Å². The number of anilines is 1. The minimum absolute atomic E-state index is 0.0189. The van der Waals surface area contributed by atoms with Crippen LogP contribution >= 0.6 is 11.6 Å². The average Bonchev–Trinajstić information content (AvgIpc) is 3.12. The van der Waals surface area contributed by atoms with Crippen molar-refractivity contribution in [2.75, 3.05) is 11.5 Å². The van der Waals surface area contributed by atoms with Crippen molar-refractivity contribution in [2.45, 2.75) is 32.7 Å². The summed E-state index contributed by atoms with van der Waals surface area (Å²) in [6.07, 6.45) is 3.60. The molecule has 34 heavy (non-hydrogen) atoms. The molecule has 172 valence electrons. The van der Waals surface area contributed by atoms with Gasteiger partial charge in [0.2, 0.25) is 5.76 Å². The molecular weight excluding hydrogens is 452 g/mol. The van der Waals surface area contributed by atoms with Crippen LogP contribution < -0.4 is 15.1 Å². The van der Waals surface area contributed by atoms with E-state index in [2.05, 4.69) is 11.9 Å². The Morgan fingerprint density at radius 3 is 2.76 bits per heavy atom. The number of carbonyl (C=O) groups is 1. The largest absolute Gasteiger partial charge is 0.494 e. The molecule has 1 aliphatic rings. The number of halogens is 1. The predicted molar refractivity (Wildman–Crippen MR) is 132 cm³/mol. The van der Waals surface area contributed by atoms with Crippen LogP contribution in [0, 0.1) is 6.92 Å². The molecular formula is C27H23ClN2O4. The standard InChI is InChI=1S/C27H23ClN2O4/c1-3-4-12-33-19-7-5-6-17(14-19)24-23-25(31)20-15-18(28)8-9-21(20)34-26(23)27(32)30(24)22-13-16(2)10-11-29-22/h5-11,13-15,24H,3-4,12H2,1-2H3. The van der Waals surface area contributed by atoms with E-state index in [4.69, 9.17) is 20.8 Å². The number of hydrogen-bond acceptors (Lipinski definition) is 5. The number of aromatic nitrogens is 1. The van der Waals surface area contributed by atoms with Gasteiger partial charge in [-0.1, -0.05) is 37.1 Å². The highest BCUT2D eigenvalue weighted by molar-refractivity contribution is 6.31. The topological polar surface area (TPSA) is 72.6 Å². The summed E-state index contributed by atoms with van der Waals surface area (Å²) in [4.78, 5) is 33.3. The van der Waals surface area contributed by atoms with Crippen molar-refractivity contribution in [3.05, 3.63) is 98.5 Å². The third-order valence-electron chi connectivity index (χ3n) is 5.92. The van der Waals surface area contributed by atoms with E-state index < -0.39 is 11.9 Å². The highest BCUT2D eigenvalue weighted by atomic mass is 35.5. The molecule has 6 nitrogen and oxygen atoms in total. The van der Waals surface area contributed by atoms with E-state index in [-0.39, 0.29) is 16.8 Å². The third kappa shape index (κ3) is 3.84. The first-order valence-corrected chi connectivity index (χ1v) is 11.6. The fourth-order valence-electron chi connectivity index (χ4n) is 4.26. The summed E-state index contributed by atoms with van der Waals surface area (Å²) in [7, 11) is 0. The molecule has 1 atom stereocenters. The zero-order chi connectivity index (χ0) is 23.8. The number of aryl methyl sites for hydroxylation is 1. The number of rotatable bonds is 6. The van der Waals surface area contributed by atoms with Crippen molar-refractivity contribution in [3.63, 3.8) is 0 Å². The molecule has 2 aromatic heterocycles. The summed E-state index contributed by atoms with van der Waals surface area (Å²) in [6, 6.07) is 15.2. The molecule has 0 saturated carbocycles. The van der Waals surface area contributed by atoms with Gasteiger partial charge in [0.25, 0.3) is 5.91 Å². The van der Waals surface area contributed by atoms with E-state index in [1.807, 2.05) is 43.3 Å². The van der Waals surface area contributed by atoms with Crippen molar-refractivity contribution in [3.8, 4) is 5.75 Å². The molecule has 0 aliphatic carbocycles. The van der Waals surface area contributed by atoms with Crippen LogP contribution in [0.3, 0.4) is 0 Å². The highest BCUT2D eigenvalue weighted by Gasteiger charge is 2.44. The van der Waals surface area contributed by atoms with E-state index in [0.717, 1.165) is 24.0 Å². The fraction of sp³-hybridized carbons (Fsp3) is 0.222. The first-order chi connectivity index (χ1) is 16.5. The predicted octanol–water partition coefficient (Wildman–Crippen LogP) is 6.08. The van der Waals surface area contributed by atoms with Gasteiger partial charge < -0.3 is 9.15 Å². The Balaban J connectivity index is 1.72. The van der Waals surface area contributed by atoms with Gasteiger partial charge in [-0.2, -0.15) is 0 Å². The maximum atomic E-state index is 13.7. The van der Waals surface area contributed by atoms with Gasteiger partial charge in [-0.05, 0) is 66.9 Å². The molecule has 1 amide bonds. The van der Waals surface area contributed by atoms with E-state index in [1.165, 1.54) is 4.90 Å². The summed E-state index contributed by atoms with van der Waals surface area (Å²) in [5.74, 6) is 0.729. The Morgan fingerprint density at radius 1 is 1.12 bits per heavy atom. The molecule has 1 unspecified atom stereocenters. The molecule has 0 spiro atoms. The van der Waals surface area contributed by atoms with E-state index in [1.54, 1.807) is 24.4 Å². The first-order valence-electron chi connectivity index (χ1n) is 11.2. The number of fused-ring (bicyclic) bond motifs is 2. The lowest BCUT2D eigenvalue weighted by Gasteiger charge is -2.24. The second-order valence-corrected chi connectivity index (χ2v) is 8.79. The van der Waals surface area contributed by atoms with Crippen LogP contribution in [0.2, 0.25) is 5.02 Å². The number of carbonyl (C=O) groups excluding carboxylic acids is 1. The lowest BCUT2D eigenvalue weighted by molar-refractivity contribution is 0.0970. The van der Waals surface area contributed by atoms with Crippen LogP contribution in [0.4, 0.5) is 5.82 Å². The molecule has 0 saturated heterocycles. The van der Waals surface area contributed by atoms with Crippen LogP contribution in [-0.2, 0) is 0 Å². The molecule has 0 radical (unpaired) electrons. The molecule has 2 aromatic carbocycles. The zero-order valence-electron chi connectivity index (χ0n) is 18.9. The second kappa shape index (κ2) is 8.95. The highest BCUT2D eigenvalue weighted by Crippen LogP contribution is 2.41. The summed E-state index contributed by atoms with van der Waals surface area (Å²) in [5.41, 5.74) is 1.98. The van der Waals surface area contributed by atoms with Gasteiger partial charge in [-0.3, -0.25) is 14.5 Å². The summed E-state index contributed by atoms with van der Waals surface area (Å²) < 4.78 is 11.9. The molecule has 0 bridgehead atoms. The van der Waals surface area contributed by atoms with Gasteiger partial charge in [0.15, 0.2) is 5.43 Å². The Hall–Kier alpha value is -3.64. The molecule has 1 aliphatic heterocycles. The normalized spacial score (nSPS) is 15.1. The zero-order valence-corrected chi connectivity index (χ0v) is 19.6. The number of pyridine rings is 1. The van der Waals surface area contributed by atoms with Crippen LogP contribution in [0.25, 0.3) is 11.0 Å². The number of ether oxygens (including phenoxy) is 1. The Morgan fingerprint density at radius 2 is 1.97 bits per heavy atom. The van der Waals surface area contributed by atoms with Crippen molar-refractivity contribution in [1.29, 1.82) is 0 Å². The number of benzene rings is 2. The summed E-state index contributed by atoms with van der Waals surface area (Å²) in [6.45, 7) is 4.62. The van der Waals surface area contributed by atoms with Crippen LogP contribution in [0.5, 0.6) is 5.75 Å². The number of amides is 1. The summed E-state index contributed by atoms with van der Waals surface area (Å²) in [5, 5.41) is 0.752. The van der Waals surface area contributed by atoms with Crippen molar-refractivity contribution >= 4 is 34.3 Å². The molecule has 3 heterocycles. The smallest absolute Gasteiger partial charge is 0.296 e. The minimum atomic E-state index is -0.717. The Labute approximate surface area is 201 Å². The lowest BCUT2D eigenvalue weighted by Crippen LogP contribution is -2.30. The van der Waals surface area contributed by atoms with E-state index >= 15 is 0 Å². The maximum Gasteiger partial charge on any atom is 0.296 e. The molecule has 5 rings (SSSR count). The second-order valence-electron chi connectivity index (χ2n) is 8.36. The van der Waals surface area contributed by atoms with Gasteiger partial charge in [0.05, 0.1) is 23.6 Å². The van der Waals surface area contributed by atoms with Crippen molar-refractivity contribution < 1.29 is 13.9 Å². The molecule has 4 aromatic rings. The van der Waals surface area contributed by atoms with Gasteiger partial charge in [-0.25, -0.2) is 4.98 Å². The monoisotopic (exact) mass is 474 g/mol. The first kappa shape index (κ1) is 22.2. The minimum Gasteiger partial charge on any atom is -0.494 e. The SMILES string of the molecule is CCCCOc1cccc(C2c3c(oc4ccc(Cl)cc4c3=O)C(=O)N2c2cc(C)ccn2)c1. The summed E-state index contributed by atoms with van der Waals surface area (Å²) >= 11 is 6.16. The molecule has 0 fully saturated rings. The quantitative estimate of drug-likeness (QED) is 0.317. The van der Waals surface area contributed by atoms with Crippen molar-refractivity contribution in [1.82, 2.24) is 4.98 Å². The Bertz CT molecular complexity index is 1460. The van der Waals surface area contributed by atoms with Crippen LogP contribution in [-0.4, -0.2) is 17.5 Å². The third-order valence-corrected chi connectivity index (χ3v) is 6.16. The molecule has 0 N–H and O–H groups in total. The van der Waals surface area contributed by atoms with E-state index in [9.17, 15) is 9.59 Å². The number of nitrogens with zero attached hydrogens (tertiary/aromatic N) is 2. The maximum absolute atomic E-state index is 13.7. The number of hydrogen-bond donors (Lipinski definition) is 0. The molecule has 7 heteroatoms. The number of unbranched alkanes of at least 4 members (excludes halogenated alkanes) is 1. The van der Waals surface area contributed by atoms with Crippen LogP contribution in [0.15, 0.2) is 70.0 Å². The average molecular weight is 475 g/mol. The van der Waals surface area contributed by atoms with Gasteiger partial charge in [0, 0.05) is 11.2 Å². The van der Waals surface area contributed by atoms with Crippen molar-refractivity contribution in [2.24, 2.45) is 0 Å². The lowest BCUT2D eigenvalue weighted by atomic mass is 9.98. The van der Waals surface area contributed by atoms with E-state index in [0.29, 0.717) is 34.2 Å². The van der Waals surface area contributed by atoms with Gasteiger partial charge >= 0.3 is 0 Å². The van der Waals surface area contributed by atoms with Gasteiger partial charge in [0.1, 0.15) is 17.2 Å². The fourth-order valence-corrected chi connectivity index (χ4v) is 4.43. The Kier molecular flexibility index (Phi) is 5.84.